The number of nitrogens with zero attached hydrogens (tertiary/aromatic N) is 2. The van der Waals surface area contributed by atoms with E-state index in [1.807, 2.05) is 4.90 Å². The van der Waals surface area contributed by atoms with E-state index in [4.69, 9.17) is 4.74 Å². The molecule has 1 saturated carbocycles. The number of hydrogen-bond donors (Lipinski definition) is 0. The van der Waals surface area contributed by atoms with Crippen LogP contribution >= 0.6 is 0 Å². The molecule has 6 heteroatoms. The minimum atomic E-state index is -0.474. The van der Waals surface area contributed by atoms with Crippen LogP contribution in [0.1, 0.15) is 38.5 Å². The Morgan fingerprint density at radius 2 is 2.17 bits per heavy atom. The van der Waals surface area contributed by atoms with Gasteiger partial charge in [0.15, 0.2) is 6.61 Å². The lowest BCUT2D eigenvalue weighted by molar-refractivity contribution is -0.384. The summed E-state index contributed by atoms with van der Waals surface area (Å²) in [6, 6.07) is 6.23. The van der Waals surface area contributed by atoms with Crippen LogP contribution in [-0.4, -0.2) is 28.4 Å². The predicted octanol–water partition coefficient (Wildman–Crippen LogP) is 3.42. The number of carbonyl (C=O) groups excluding carboxylic acids is 1. The monoisotopic (exact) mass is 316 g/mol. The van der Waals surface area contributed by atoms with E-state index in [0.717, 1.165) is 37.8 Å². The second-order valence-electron chi connectivity index (χ2n) is 5.98. The summed E-state index contributed by atoms with van der Waals surface area (Å²) in [7, 11) is 0. The van der Waals surface area contributed by atoms with Gasteiger partial charge in [-0.15, -0.1) is 0 Å². The van der Waals surface area contributed by atoms with Crippen molar-refractivity contribution in [2.45, 2.75) is 44.6 Å². The molecule has 2 aliphatic rings. The maximum absolute atomic E-state index is 12.5. The molecule has 0 aliphatic heterocycles. The standard InChI is InChI=1S/C17H20N2O4/c20-17(12-23-16-8-4-7-15(11-16)19(21)22)18(14-9-10-14)13-5-2-1-3-6-13/h4-5,7-8,11,14H,1-3,6,9-10,12H2. The third-order valence-electron chi connectivity index (χ3n) is 4.15. The number of non-ortho nitro benzene ring substituents is 1. The minimum absolute atomic E-state index is 0.0380. The summed E-state index contributed by atoms with van der Waals surface area (Å²) >= 11 is 0. The van der Waals surface area contributed by atoms with Crippen molar-refractivity contribution < 1.29 is 14.5 Å². The van der Waals surface area contributed by atoms with Crippen molar-refractivity contribution in [3.63, 3.8) is 0 Å². The first-order valence-electron chi connectivity index (χ1n) is 8.03. The third kappa shape index (κ3) is 3.88. The van der Waals surface area contributed by atoms with E-state index in [1.165, 1.54) is 18.6 Å². The highest BCUT2D eigenvalue weighted by molar-refractivity contribution is 5.80. The molecule has 6 nitrogen and oxygen atoms in total. The van der Waals surface area contributed by atoms with Gasteiger partial charge in [-0.2, -0.15) is 0 Å². The Labute approximate surface area is 134 Å². The summed E-state index contributed by atoms with van der Waals surface area (Å²) in [5.41, 5.74) is 1.08. The number of amides is 1. The van der Waals surface area contributed by atoms with E-state index in [-0.39, 0.29) is 18.2 Å². The number of carbonyl (C=O) groups is 1. The van der Waals surface area contributed by atoms with Gasteiger partial charge in [0.25, 0.3) is 11.6 Å². The zero-order valence-corrected chi connectivity index (χ0v) is 12.9. The molecule has 0 N–H and O–H groups in total. The smallest absolute Gasteiger partial charge is 0.273 e. The molecule has 122 valence electrons. The maximum atomic E-state index is 12.5. The Morgan fingerprint density at radius 3 is 2.83 bits per heavy atom. The summed E-state index contributed by atoms with van der Waals surface area (Å²) in [4.78, 5) is 24.7. The Bertz CT molecular complexity index is 637. The topological polar surface area (TPSA) is 72.7 Å². The number of ether oxygens (including phenoxy) is 1. The summed E-state index contributed by atoms with van der Waals surface area (Å²) in [5.74, 6) is 0.285. The SMILES string of the molecule is O=C(COc1cccc([N+](=O)[O-])c1)N(C1=CCCCC1)C1CC1. The average molecular weight is 316 g/mol. The fourth-order valence-electron chi connectivity index (χ4n) is 2.87. The van der Waals surface area contributed by atoms with Gasteiger partial charge >= 0.3 is 0 Å². The highest BCUT2D eigenvalue weighted by Crippen LogP contribution is 2.33. The van der Waals surface area contributed by atoms with Crippen molar-refractivity contribution in [2.24, 2.45) is 0 Å². The van der Waals surface area contributed by atoms with Crippen LogP contribution in [0.5, 0.6) is 5.75 Å². The van der Waals surface area contributed by atoms with Crippen molar-refractivity contribution in [2.75, 3.05) is 6.61 Å². The molecule has 0 unspecified atom stereocenters. The zero-order chi connectivity index (χ0) is 16.2. The van der Waals surface area contributed by atoms with E-state index >= 15 is 0 Å². The van der Waals surface area contributed by atoms with Crippen LogP contribution in [0.3, 0.4) is 0 Å². The Balaban J connectivity index is 1.64. The molecule has 0 heterocycles. The van der Waals surface area contributed by atoms with E-state index in [1.54, 1.807) is 12.1 Å². The molecule has 1 fully saturated rings. The molecule has 0 spiro atoms. The van der Waals surface area contributed by atoms with E-state index < -0.39 is 4.92 Å². The second-order valence-corrected chi connectivity index (χ2v) is 5.98. The van der Waals surface area contributed by atoms with Crippen LogP contribution in [-0.2, 0) is 4.79 Å². The average Bonchev–Trinajstić information content (AvgIpc) is 3.39. The van der Waals surface area contributed by atoms with Gasteiger partial charge in [0.05, 0.1) is 11.0 Å². The Morgan fingerprint density at radius 1 is 1.35 bits per heavy atom. The van der Waals surface area contributed by atoms with Gasteiger partial charge in [0.1, 0.15) is 5.75 Å². The molecule has 1 aromatic carbocycles. The molecule has 0 atom stereocenters. The van der Waals surface area contributed by atoms with E-state index in [9.17, 15) is 14.9 Å². The van der Waals surface area contributed by atoms with Crippen LogP contribution in [0.2, 0.25) is 0 Å². The molecule has 1 amide bonds. The van der Waals surface area contributed by atoms with Crippen LogP contribution < -0.4 is 4.74 Å². The zero-order valence-electron chi connectivity index (χ0n) is 12.9. The fraction of sp³-hybridized carbons (Fsp3) is 0.471. The normalized spacial score (nSPS) is 17.3. The van der Waals surface area contributed by atoms with Crippen LogP contribution in [0.25, 0.3) is 0 Å². The summed E-state index contributed by atoms with van der Waals surface area (Å²) in [6.07, 6.45) is 8.51. The van der Waals surface area contributed by atoms with Gasteiger partial charge in [-0.05, 0) is 44.6 Å². The second kappa shape index (κ2) is 6.81. The van der Waals surface area contributed by atoms with E-state index in [0.29, 0.717) is 11.8 Å². The molecule has 0 aromatic heterocycles. The lowest BCUT2D eigenvalue weighted by atomic mass is 10.0. The molecule has 3 rings (SSSR count). The van der Waals surface area contributed by atoms with Gasteiger partial charge in [-0.1, -0.05) is 12.1 Å². The largest absolute Gasteiger partial charge is 0.483 e. The molecule has 0 saturated heterocycles. The summed E-state index contributed by atoms with van der Waals surface area (Å²) < 4.78 is 5.49. The number of benzene rings is 1. The first-order chi connectivity index (χ1) is 11.1. The first-order valence-corrected chi connectivity index (χ1v) is 8.03. The predicted molar refractivity (Wildman–Crippen MR) is 85.0 cm³/mol. The van der Waals surface area contributed by atoms with Gasteiger partial charge in [-0.25, -0.2) is 0 Å². The van der Waals surface area contributed by atoms with Crippen molar-refractivity contribution in [3.8, 4) is 5.75 Å². The lowest BCUT2D eigenvalue weighted by Crippen LogP contribution is -2.36. The van der Waals surface area contributed by atoms with Crippen LogP contribution in [0.4, 0.5) is 5.69 Å². The number of hydrogen-bond acceptors (Lipinski definition) is 4. The lowest BCUT2D eigenvalue weighted by Gasteiger charge is -2.27. The molecule has 0 bridgehead atoms. The third-order valence-corrected chi connectivity index (χ3v) is 4.15. The van der Waals surface area contributed by atoms with Gasteiger partial charge < -0.3 is 9.64 Å². The number of allylic oxidation sites excluding steroid dienone is 2. The Hall–Kier alpha value is -2.37. The van der Waals surface area contributed by atoms with Crippen LogP contribution in [0.15, 0.2) is 36.0 Å². The maximum Gasteiger partial charge on any atom is 0.273 e. The summed E-state index contributed by atoms with van der Waals surface area (Å²) in [6.45, 7) is -0.0883. The first kappa shape index (κ1) is 15.5. The summed E-state index contributed by atoms with van der Waals surface area (Å²) in [5, 5.41) is 10.8. The van der Waals surface area contributed by atoms with Gasteiger partial charge in [-0.3, -0.25) is 14.9 Å². The van der Waals surface area contributed by atoms with Crippen molar-refractivity contribution in [3.05, 3.63) is 46.2 Å². The minimum Gasteiger partial charge on any atom is -0.483 e. The highest BCUT2D eigenvalue weighted by atomic mass is 16.6. The van der Waals surface area contributed by atoms with Crippen molar-refractivity contribution in [1.29, 1.82) is 0 Å². The number of nitro groups is 1. The highest BCUT2D eigenvalue weighted by Gasteiger charge is 2.35. The molecular weight excluding hydrogens is 296 g/mol. The van der Waals surface area contributed by atoms with Crippen molar-refractivity contribution in [1.82, 2.24) is 4.90 Å². The molecule has 1 aromatic rings. The molecule has 0 radical (unpaired) electrons. The quantitative estimate of drug-likeness (QED) is 0.595. The number of nitro benzene ring substituents is 1. The Kier molecular flexibility index (Phi) is 4.60. The molecular formula is C17H20N2O4. The molecule has 2 aliphatic carbocycles. The van der Waals surface area contributed by atoms with Crippen molar-refractivity contribution >= 4 is 11.6 Å². The number of rotatable bonds is 6. The van der Waals surface area contributed by atoms with Gasteiger partial charge in [0, 0.05) is 17.8 Å². The van der Waals surface area contributed by atoms with Gasteiger partial charge in [0.2, 0.25) is 0 Å². The van der Waals surface area contributed by atoms with Crippen LogP contribution in [0, 0.1) is 10.1 Å². The molecule has 23 heavy (non-hydrogen) atoms. The van der Waals surface area contributed by atoms with E-state index in [2.05, 4.69) is 6.08 Å². The fourth-order valence-corrected chi connectivity index (χ4v) is 2.87.